The molecule has 0 fully saturated rings. The van der Waals surface area contributed by atoms with E-state index in [1.165, 1.54) is 14.2 Å². The molecule has 0 aliphatic heterocycles. The Morgan fingerprint density at radius 2 is 1.60 bits per heavy atom. The van der Waals surface area contributed by atoms with Crippen LogP contribution in [0.3, 0.4) is 0 Å². The van der Waals surface area contributed by atoms with Gasteiger partial charge in [-0.3, -0.25) is 0 Å². The SMILES string of the molecule is COc1nc(S(=O)(=O)F)nc(OC)c1Cl. The molecule has 1 heterocycles. The van der Waals surface area contributed by atoms with Crippen molar-refractivity contribution < 1.29 is 21.8 Å². The molecule has 0 saturated carbocycles. The summed E-state index contributed by atoms with van der Waals surface area (Å²) in [4.78, 5) is 6.52. The van der Waals surface area contributed by atoms with E-state index >= 15 is 0 Å². The van der Waals surface area contributed by atoms with Gasteiger partial charge >= 0.3 is 10.2 Å². The van der Waals surface area contributed by atoms with Gasteiger partial charge in [0.1, 0.15) is 0 Å². The highest BCUT2D eigenvalue weighted by molar-refractivity contribution is 7.86. The van der Waals surface area contributed by atoms with Gasteiger partial charge in [-0.15, -0.1) is 0 Å². The van der Waals surface area contributed by atoms with Gasteiger partial charge < -0.3 is 9.47 Å². The number of methoxy groups -OCH3 is 2. The Morgan fingerprint density at radius 1 is 1.20 bits per heavy atom. The standard InChI is InChI=1S/C6H6ClFN2O4S/c1-13-4-3(7)5(14-2)10-6(9-4)15(8,11)12/h1-2H3. The Hall–Kier alpha value is -1.15. The van der Waals surface area contributed by atoms with E-state index in [2.05, 4.69) is 19.4 Å². The van der Waals surface area contributed by atoms with E-state index < -0.39 is 15.4 Å². The molecule has 0 spiro atoms. The molecule has 15 heavy (non-hydrogen) atoms. The second-order valence-electron chi connectivity index (χ2n) is 2.28. The minimum atomic E-state index is -5.03. The molecule has 0 saturated heterocycles. The van der Waals surface area contributed by atoms with Crippen molar-refractivity contribution in [3.8, 4) is 11.8 Å². The molecule has 1 rings (SSSR count). The molecule has 0 radical (unpaired) electrons. The number of rotatable bonds is 3. The third kappa shape index (κ3) is 2.45. The fourth-order valence-corrected chi connectivity index (χ4v) is 1.39. The number of hydrogen-bond acceptors (Lipinski definition) is 6. The third-order valence-corrected chi connectivity index (χ3v) is 2.32. The Bertz CT molecular complexity index is 453. The van der Waals surface area contributed by atoms with E-state index in [1.54, 1.807) is 0 Å². The molecular weight excluding hydrogens is 251 g/mol. The Balaban J connectivity index is 3.47. The van der Waals surface area contributed by atoms with Crippen molar-refractivity contribution in [2.75, 3.05) is 14.2 Å². The Kier molecular flexibility index (Phi) is 3.30. The smallest absolute Gasteiger partial charge is 0.368 e. The van der Waals surface area contributed by atoms with Crippen LogP contribution >= 0.6 is 11.6 Å². The van der Waals surface area contributed by atoms with Crippen LogP contribution in [0.25, 0.3) is 0 Å². The summed E-state index contributed by atoms with van der Waals surface area (Å²) in [6.45, 7) is 0. The lowest BCUT2D eigenvalue weighted by Crippen LogP contribution is -2.04. The summed E-state index contributed by atoms with van der Waals surface area (Å²) < 4.78 is 42.9. The zero-order chi connectivity index (χ0) is 11.6. The molecule has 0 N–H and O–H groups in total. The zero-order valence-corrected chi connectivity index (χ0v) is 9.26. The molecular formula is C6H6ClFN2O4S. The van der Waals surface area contributed by atoms with E-state index in [9.17, 15) is 12.3 Å². The topological polar surface area (TPSA) is 78.4 Å². The van der Waals surface area contributed by atoms with Gasteiger partial charge in [-0.1, -0.05) is 15.5 Å². The van der Waals surface area contributed by atoms with Crippen molar-refractivity contribution in [1.29, 1.82) is 0 Å². The summed E-state index contributed by atoms with van der Waals surface area (Å²) in [5.41, 5.74) is 0. The zero-order valence-electron chi connectivity index (χ0n) is 7.69. The normalized spacial score (nSPS) is 11.2. The number of hydrogen-bond donors (Lipinski definition) is 0. The summed E-state index contributed by atoms with van der Waals surface area (Å²) >= 11 is 5.64. The molecule has 9 heteroatoms. The van der Waals surface area contributed by atoms with Gasteiger partial charge in [0.25, 0.3) is 5.16 Å². The first-order valence-electron chi connectivity index (χ1n) is 3.50. The quantitative estimate of drug-likeness (QED) is 0.588. The van der Waals surface area contributed by atoms with Gasteiger partial charge in [0, 0.05) is 0 Å². The fourth-order valence-electron chi connectivity index (χ4n) is 0.768. The van der Waals surface area contributed by atoms with E-state index in [0.29, 0.717) is 0 Å². The molecule has 1 aromatic rings. The maximum Gasteiger partial charge on any atom is 0.368 e. The van der Waals surface area contributed by atoms with Crippen LogP contribution in [0.5, 0.6) is 11.8 Å². The summed E-state index contributed by atoms with van der Waals surface area (Å²) in [7, 11) is -2.63. The molecule has 84 valence electrons. The molecule has 0 bridgehead atoms. The van der Waals surface area contributed by atoms with Crippen molar-refractivity contribution in [3.63, 3.8) is 0 Å². The molecule has 0 unspecified atom stereocenters. The van der Waals surface area contributed by atoms with E-state index in [0.717, 1.165) is 0 Å². The van der Waals surface area contributed by atoms with Crippen LogP contribution in [0.15, 0.2) is 5.16 Å². The molecule has 0 atom stereocenters. The Labute approximate surface area is 90.2 Å². The van der Waals surface area contributed by atoms with Crippen LogP contribution in [0.1, 0.15) is 0 Å². The van der Waals surface area contributed by atoms with Crippen molar-refractivity contribution in [1.82, 2.24) is 9.97 Å². The van der Waals surface area contributed by atoms with Crippen LogP contribution < -0.4 is 9.47 Å². The van der Waals surface area contributed by atoms with Crippen molar-refractivity contribution >= 4 is 21.8 Å². The average Bonchev–Trinajstić information content (AvgIpc) is 2.16. The lowest BCUT2D eigenvalue weighted by molar-refractivity contribution is 0.362. The lowest BCUT2D eigenvalue weighted by Gasteiger charge is -2.06. The lowest BCUT2D eigenvalue weighted by atomic mass is 10.6. The monoisotopic (exact) mass is 256 g/mol. The van der Waals surface area contributed by atoms with Crippen LogP contribution in [0, 0.1) is 0 Å². The molecule has 0 amide bonds. The second kappa shape index (κ2) is 4.15. The highest BCUT2D eigenvalue weighted by Crippen LogP contribution is 2.31. The predicted molar refractivity (Wildman–Crippen MR) is 48.4 cm³/mol. The minimum Gasteiger partial charge on any atom is -0.480 e. The average molecular weight is 257 g/mol. The first-order valence-corrected chi connectivity index (χ1v) is 5.26. The van der Waals surface area contributed by atoms with E-state index in [1.807, 2.05) is 0 Å². The van der Waals surface area contributed by atoms with Gasteiger partial charge in [0.15, 0.2) is 5.02 Å². The van der Waals surface area contributed by atoms with Gasteiger partial charge in [-0.25, -0.2) is 0 Å². The Morgan fingerprint density at radius 3 is 1.87 bits per heavy atom. The molecule has 0 aliphatic rings. The summed E-state index contributed by atoms with van der Waals surface area (Å²) in [5.74, 6) is -0.556. The van der Waals surface area contributed by atoms with Crippen LogP contribution in [-0.2, 0) is 10.2 Å². The number of halogens is 2. The maximum atomic E-state index is 12.6. The van der Waals surface area contributed by atoms with Gasteiger partial charge in [-0.05, 0) is 0 Å². The van der Waals surface area contributed by atoms with Crippen molar-refractivity contribution in [2.24, 2.45) is 0 Å². The second-order valence-corrected chi connectivity index (χ2v) is 3.90. The van der Waals surface area contributed by atoms with Gasteiger partial charge in [0.05, 0.1) is 14.2 Å². The molecule has 1 aromatic heterocycles. The summed E-state index contributed by atoms with van der Waals surface area (Å²) in [6.07, 6.45) is 0. The van der Waals surface area contributed by atoms with E-state index in [-0.39, 0.29) is 16.8 Å². The number of nitrogens with zero attached hydrogens (tertiary/aromatic N) is 2. The minimum absolute atomic E-state index is 0.132. The van der Waals surface area contributed by atoms with E-state index in [4.69, 9.17) is 11.6 Å². The first-order chi connectivity index (χ1) is 6.90. The maximum absolute atomic E-state index is 12.6. The van der Waals surface area contributed by atoms with Crippen molar-refractivity contribution in [3.05, 3.63) is 5.02 Å². The van der Waals surface area contributed by atoms with Crippen LogP contribution in [0.4, 0.5) is 3.89 Å². The van der Waals surface area contributed by atoms with Crippen molar-refractivity contribution in [2.45, 2.75) is 5.16 Å². The summed E-state index contributed by atoms with van der Waals surface area (Å²) in [5, 5.41) is -1.19. The van der Waals surface area contributed by atoms with Gasteiger partial charge in [0.2, 0.25) is 11.8 Å². The first kappa shape index (κ1) is 11.9. The number of aromatic nitrogens is 2. The highest BCUT2D eigenvalue weighted by Gasteiger charge is 2.22. The highest BCUT2D eigenvalue weighted by atomic mass is 35.5. The largest absolute Gasteiger partial charge is 0.480 e. The molecule has 6 nitrogen and oxygen atoms in total. The van der Waals surface area contributed by atoms with Gasteiger partial charge in [-0.2, -0.15) is 18.4 Å². The molecule has 0 aliphatic carbocycles. The third-order valence-electron chi connectivity index (χ3n) is 1.37. The van der Waals surface area contributed by atoms with Crippen LogP contribution in [0.2, 0.25) is 5.02 Å². The predicted octanol–water partition coefficient (Wildman–Crippen LogP) is 0.805. The fraction of sp³-hybridized carbons (Fsp3) is 0.333. The van der Waals surface area contributed by atoms with Crippen LogP contribution in [-0.4, -0.2) is 32.6 Å². The molecule has 0 aromatic carbocycles. The summed E-state index contributed by atoms with van der Waals surface area (Å²) in [6, 6.07) is 0. The number of ether oxygens (including phenoxy) is 2.